The van der Waals surface area contributed by atoms with Gasteiger partial charge in [0.15, 0.2) is 24.1 Å². The Balaban J connectivity index is 3.27. The fourth-order valence-electron chi connectivity index (χ4n) is 1.89. The number of ketones is 1. The van der Waals surface area contributed by atoms with Crippen LogP contribution in [0.4, 0.5) is 0 Å². The number of carbonyl (C=O) groups excluding carboxylic acids is 1. The Morgan fingerprint density at radius 3 is 2.04 bits per heavy atom. The second-order valence-corrected chi connectivity index (χ2v) is 4.55. The SMILES string of the molecule is [2H]C(C(=O)[C@H](O[N+](=O)[O-])[C@@H](O[N+](=O)[O-])[C@@H](CO)O[N+](=O)[O-])c1ccccc1. The molecule has 142 valence electrons. The number of benzene rings is 1. The van der Waals surface area contributed by atoms with Crippen LogP contribution in [-0.4, -0.2) is 51.1 Å². The average molecular weight is 376 g/mol. The fraction of sp³-hybridized carbons (Fsp3) is 0.417. The van der Waals surface area contributed by atoms with Crippen LogP contribution in [0.25, 0.3) is 0 Å². The lowest BCUT2D eigenvalue weighted by Crippen LogP contribution is -2.51. The maximum Gasteiger partial charge on any atom is 0.295 e. The topological polar surface area (TPSA) is 194 Å². The molecule has 0 aliphatic rings. The summed E-state index contributed by atoms with van der Waals surface area (Å²) in [6.45, 7) is -1.28. The van der Waals surface area contributed by atoms with E-state index in [0.29, 0.717) is 0 Å². The summed E-state index contributed by atoms with van der Waals surface area (Å²) < 4.78 is 7.89. The Morgan fingerprint density at radius 1 is 1.04 bits per heavy atom. The van der Waals surface area contributed by atoms with Crippen LogP contribution in [0.1, 0.15) is 6.93 Å². The largest absolute Gasteiger partial charge is 0.394 e. The summed E-state index contributed by atoms with van der Waals surface area (Å²) in [6, 6.07) is 7.16. The van der Waals surface area contributed by atoms with Gasteiger partial charge in [-0.15, -0.1) is 30.3 Å². The van der Waals surface area contributed by atoms with Crippen molar-refractivity contribution in [3.63, 3.8) is 0 Å². The molecule has 14 heteroatoms. The summed E-state index contributed by atoms with van der Waals surface area (Å²) in [6.07, 6.45) is -8.85. The molecule has 0 fully saturated rings. The van der Waals surface area contributed by atoms with Gasteiger partial charge in [0.2, 0.25) is 0 Å². The second-order valence-electron chi connectivity index (χ2n) is 4.55. The molecule has 1 rings (SSSR count). The minimum Gasteiger partial charge on any atom is -0.394 e. The molecule has 0 saturated heterocycles. The molecule has 0 radical (unpaired) electrons. The molecule has 1 aromatic carbocycles. The lowest BCUT2D eigenvalue weighted by atomic mass is 9.99. The number of hydrogen-bond donors (Lipinski definition) is 1. The van der Waals surface area contributed by atoms with Crippen LogP contribution in [0.3, 0.4) is 0 Å². The zero-order chi connectivity index (χ0) is 20.6. The molecular formula is C12H13N3O11. The highest BCUT2D eigenvalue weighted by Crippen LogP contribution is 2.16. The van der Waals surface area contributed by atoms with Crippen molar-refractivity contribution in [3.05, 3.63) is 66.2 Å². The minimum absolute atomic E-state index is 0.0649. The first-order chi connectivity index (χ1) is 12.7. The summed E-state index contributed by atoms with van der Waals surface area (Å²) in [7, 11) is 0. The normalized spacial score (nSPS) is 15.5. The van der Waals surface area contributed by atoms with Crippen LogP contribution in [-0.2, 0) is 25.7 Å². The standard InChI is InChI=1S/C12H13N3O11/c16-7-10(24-13(18)19)12(26-15(22)23)11(25-14(20)21)9(17)6-8-4-2-1-3-5-8/h1-5,10-12,16H,6-7H2/t10-,11+,12+/m1/s1/i6D/t6?,10-,11+,12+. The number of carbonyl (C=O) groups is 1. The lowest BCUT2D eigenvalue weighted by Gasteiger charge is -2.27. The van der Waals surface area contributed by atoms with Crippen LogP contribution in [0.2, 0.25) is 0 Å². The number of nitrogens with zero attached hydrogens (tertiary/aromatic N) is 3. The van der Waals surface area contributed by atoms with E-state index >= 15 is 0 Å². The van der Waals surface area contributed by atoms with Crippen LogP contribution < -0.4 is 0 Å². The highest BCUT2D eigenvalue weighted by Gasteiger charge is 2.42. The van der Waals surface area contributed by atoms with Gasteiger partial charge in [-0.1, -0.05) is 30.3 Å². The average Bonchev–Trinajstić information content (AvgIpc) is 2.61. The van der Waals surface area contributed by atoms with Crippen molar-refractivity contribution < 1.29 is 41.0 Å². The van der Waals surface area contributed by atoms with Gasteiger partial charge < -0.3 is 19.6 Å². The quantitative estimate of drug-likeness (QED) is 0.365. The van der Waals surface area contributed by atoms with Crippen molar-refractivity contribution in [2.75, 3.05) is 6.61 Å². The first kappa shape index (κ1) is 18.8. The molecule has 0 bridgehead atoms. The van der Waals surface area contributed by atoms with E-state index in [-0.39, 0.29) is 5.56 Å². The van der Waals surface area contributed by atoms with E-state index < -0.39 is 52.4 Å². The minimum atomic E-state index is -2.47. The van der Waals surface area contributed by atoms with Crippen LogP contribution in [0.15, 0.2) is 30.3 Å². The van der Waals surface area contributed by atoms with E-state index in [1.165, 1.54) is 24.3 Å². The molecule has 1 aromatic rings. The molecule has 0 aliphatic carbocycles. The van der Waals surface area contributed by atoms with Gasteiger partial charge in [-0.3, -0.25) is 4.79 Å². The van der Waals surface area contributed by atoms with Gasteiger partial charge in [0.25, 0.3) is 15.3 Å². The highest BCUT2D eigenvalue weighted by molar-refractivity contribution is 5.85. The maximum absolute atomic E-state index is 12.5. The fourth-order valence-corrected chi connectivity index (χ4v) is 1.89. The summed E-state index contributed by atoms with van der Waals surface area (Å²) in [4.78, 5) is 56.5. The smallest absolute Gasteiger partial charge is 0.295 e. The van der Waals surface area contributed by atoms with Gasteiger partial charge in [-0.2, -0.15) is 0 Å². The zero-order valence-electron chi connectivity index (χ0n) is 13.8. The number of aliphatic hydroxyl groups excluding tert-OH is 1. The van der Waals surface area contributed by atoms with E-state index in [2.05, 4.69) is 14.5 Å². The van der Waals surface area contributed by atoms with Gasteiger partial charge in [-0.05, 0) is 5.56 Å². The lowest BCUT2D eigenvalue weighted by molar-refractivity contribution is -0.814. The van der Waals surface area contributed by atoms with Crippen LogP contribution in [0, 0.1) is 30.3 Å². The zero-order valence-corrected chi connectivity index (χ0v) is 12.8. The molecule has 26 heavy (non-hydrogen) atoms. The van der Waals surface area contributed by atoms with Gasteiger partial charge >= 0.3 is 0 Å². The number of hydrogen-bond acceptors (Lipinski definition) is 11. The van der Waals surface area contributed by atoms with Crippen molar-refractivity contribution in [2.45, 2.75) is 24.7 Å². The van der Waals surface area contributed by atoms with Crippen molar-refractivity contribution in [3.8, 4) is 0 Å². The van der Waals surface area contributed by atoms with Crippen LogP contribution in [0.5, 0.6) is 0 Å². The number of Topliss-reactive ketones (excluding diaryl/α,β-unsaturated/α-hetero) is 1. The van der Waals surface area contributed by atoms with Crippen molar-refractivity contribution >= 4 is 5.78 Å². The van der Waals surface area contributed by atoms with Crippen molar-refractivity contribution in [2.24, 2.45) is 0 Å². The highest BCUT2D eigenvalue weighted by atomic mass is 17.0. The predicted octanol–water partition coefficient (Wildman–Crippen LogP) is -0.479. The molecule has 1 N–H and O–H groups in total. The van der Waals surface area contributed by atoms with Crippen molar-refractivity contribution in [1.82, 2.24) is 0 Å². The molecule has 4 atom stereocenters. The van der Waals surface area contributed by atoms with E-state index in [1.807, 2.05) is 0 Å². The Kier molecular flexibility index (Phi) is 6.99. The van der Waals surface area contributed by atoms with Gasteiger partial charge in [-0.25, -0.2) is 0 Å². The molecule has 0 saturated carbocycles. The van der Waals surface area contributed by atoms with Crippen LogP contribution >= 0.6 is 0 Å². The first-order valence-corrected chi connectivity index (χ1v) is 6.72. The summed E-state index contributed by atoms with van der Waals surface area (Å²) in [5, 5.41) is 36.6. The summed E-state index contributed by atoms with van der Waals surface area (Å²) in [5.41, 5.74) is 0.0649. The third-order valence-electron chi connectivity index (χ3n) is 2.86. The number of rotatable bonds is 12. The molecule has 0 spiro atoms. The Labute approximate surface area is 145 Å². The second kappa shape index (κ2) is 9.67. The molecule has 0 amide bonds. The van der Waals surface area contributed by atoms with Crippen molar-refractivity contribution in [1.29, 1.82) is 0 Å². The third kappa shape index (κ3) is 6.52. The Bertz CT molecular complexity index is 688. The summed E-state index contributed by atoms with van der Waals surface area (Å²) >= 11 is 0. The third-order valence-corrected chi connectivity index (χ3v) is 2.86. The first-order valence-electron chi connectivity index (χ1n) is 7.30. The Hall–Kier alpha value is -3.55. The molecule has 0 aliphatic heterocycles. The monoisotopic (exact) mass is 376 g/mol. The summed E-state index contributed by atoms with van der Waals surface area (Å²) in [5.74, 6) is -1.38. The van der Waals surface area contributed by atoms with E-state index in [1.54, 1.807) is 6.07 Å². The molecule has 0 heterocycles. The van der Waals surface area contributed by atoms with E-state index in [9.17, 15) is 35.1 Å². The van der Waals surface area contributed by atoms with E-state index in [0.717, 1.165) is 0 Å². The molecule has 0 aromatic heterocycles. The predicted molar refractivity (Wildman–Crippen MR) is 77.8 cm³/mol. The molecule has 1 unspecified atom stereocenters. The maximum atomic E-state index is 12.5. The Morgan fingerprint density at radius 2 is 1.58 bits per heavy atom. The van der Waals surface area contributed by atoms with E-state index in [4.69, 9.17) is 6.48 Å². The van der Waals surface area contributed by atoms with Gasteiger partial charge in [0, 0.05) is 7.77 Å². The number of aliphatic hydroxyl groups is 1. The molecular weight excluding hydrogens is 362 g/mol. The van der Waals surface area contributed by atoms with Gasteiger partial charge in [0.05, 0.1) is 6.61 Å². The van der Waals surface area contributed by atoms with Gasteiger partial charge in [0.1, 0.15) is 0 Å². The molecule has 14 nitrogen and oxygen atoms in total.